The second-order valence-corrected chi connectivity index (χ2v) is 4.70. The summed E-state index contributed by atoms with van der Waals surface area (Å²) < 4.78 is 0. The second-order valence-electron chi connectivity index (χ2n) is 4.70. The Balaban J connectivity index is 2.72. The lowest BCUT2D eigenvalue weighted by molar-refractivity contribution is -0.130. The molecule has 1 N–H and O–H groups in total. The van der Waals surface area contributed by atoms with Gasteiger partial charge in [-0.25, -0.2) is 9.97 Å². The van der Waals surface area contributed by atoms with E-state index in [1.165, 1.54) is 6.33 Å². The molecule has 1 unspecified atom stereocenters. The Morgan fingerprint density at radius 1 is 1.39 bits per heavy atom. The van der Waals surface area contributed by atoms with Crippen LogP contribution >= 0.6 is 0 Å². The third-order valence-corrected chi connectivity index (χ3v) is 2.87. The predicted octanol–water partition coefficient (Wildman–Crippen LogP) is 1.88. The van der Waals surface area contributed by atoms with Crippen molar-refractivity contribution in [2.24, 2.45) is 0 Å². The van der Waals surface area contributed by atoms with Gasteiger partial charge in [-0.05, 0) is 19.8 Å². The molecule has 0 bridgehead atoms. The first kappa shape index (κ1) is 14.4. The fourth-order valence-electron chi connectivity index (χ4n) is 1.54. The average Bonchev–Trinajstić information content (AvgIpc) is 2.37. The van der Waals surface area contributed by atoms with Gasteiger partial charge in [0, 0.05) is 25.4 Å². The molecule has 1 atom stereocenters. The van der Waals surface area contributed by atoms with Crippen molar-refractivity contribution in [2.75, 3.05) is 18.9 Å². The highest BCUT2D eigenvalue weighted by molar-refractivity contribution is 5.83. The third kappa shape index (κ3) is 3.68. The maximum Gasteiger partial charge on any atom is 0.244 e. The number of aromatic nitrogens is 2. The number of nitrogens with one attached hydrogen (secondary N) is 1. The van der Waals surface area contributed by atoms with Gasteiger partial charge in [-0.15, -0.1) is 0 Å². The number of carbonyl (C=O) groups is 1. The molecule has 18 heavy (non-hydrogen) atoms. The molecule has 1 aromatic heterocycles. The van der Waals surface area contributed by atoms with Crippen LogP contribution in [-0.4, -0.2) is 40.4 Å². The van der Waals surface area contributed by atoms with Crippen molar-refractivity contribution in [2.45, 2.75) is 39.7 Å². The molecule has 5 heteroatoms. The van der Waals surface area contributed by atoms with Crippen LogP contribution in [0, 0.1) is 0 Å². The highest BCUT2D eigenvalue weighted by Gasteiger charge is 2.16. The fourth-order valence-corrected chi connectivity index (χ4v) is 1.54. The minimum absolute atomic E-state index is 0.0576. The van der Waals surface area contributed by atoms with E-state index in [-0.39, 0.29) is 11.9 Å². The summed E-state index contributed by atoms with van der Waals surface area (Å²) in [6, 6.07) is 1.60. The van der Waals surface area contributed by atoms with Crippen molar-refractivity contribution in [3.05, 3.63) is 18.1 Å². The molecule has 1 amide bonds. The van der Waals surface area contributed by atoms with E-state index in [4.69, 9.17) is 0 Å². The zero-order chi connectivity index (χ0) is 13.7. The molecule has 100 valence electrons. The number of likely N-dealkylation sites (N-methyl/N-ethyl adjacent to an activating group) is 1. The Morgan fingerprint density at radius 3 is 2.61 bits per heavy atom. The van der Waals surface area contributed by atoms with Gasteiger partial charge in [0.25, 0.3) is 0 Å². The summed E-state index contributed by atoms with van der Waals surface area (Å²) in [5, 5.41) is 3.11. The number of amides is 1. The largest absolute Gasteiger partial charge is 0.359 e. The van der Waals surface area contributed by atoms with Crippen LogP contribution in [0.4, 0.5) is 5.82 Å². The Hall–Kier alpha value is -1.65. The maximum atomic E-state index is 11.9. The van der Waals surface area contributed by atoms with E-state index in [2.05, 4.69) is 29.1 Å². The first-order chi connectivity index (χ1) is 8.45. The van der Waals surface area contributed by atoms with E-state index < -0.39 is 0 Å². The van der Waals surface area contributed by atoms with Crippen LogP contribution in [-0.2, 0) is 4.79 Å². The smallest absolute Gasteiger partial charge is 0.244 e. The molecule has 1 rings (SSSR count). The van der Waals surface area contributed by atoms with E-state index in [1.54, 1.807) is 11.9 Å². The molecule has 0 saturated carbocycles. The van der Waals surface area contributed by atoms with E-state index in [1.807, 2.05) is 19.9 Å². The average molecular weight is 250 g/mol. The van der Waals surface area contributed by atoms with Crippen LogP contribution in [0.2, 0.25) is 0 Å². The zero-order valence-electron chi connectivity index (χ0n) is 11.8. The Morgan fingerprint density at radius 2 is 2.06 bits per heavy atom. The molecule has 0 spiro atoms. The lowest BCUT2D eigenvalue weighted by Gasteiger charge is -2.21. The maximum absolute atomic E-state index is 11.9. The van der Waals surface area contributed by atoms with Crippen molar-refractivity contribution in [1.82, 2.24) is 14.9 Å². The van der Waals surface area contributed by atoms with Crippen LogP contribution in [0.15, 0.2) is 12.4 Å². The number of hydrogen-bond donors (Lipinski definition) is 1. The number of carbonyl (C=O) groups excluding carboxylic acids is 1. The van der Waals surface area contributed by atoms with Crippen molar-refractivity contribution in [1.29, 1.82) is 0 Å². The van der Waals surface area contributed by atoms with E-state index in [0.29, 0.717) is 18.3 Å². The standard InChI is InChI=1S/C13H22N4O/c1-6-17(5)13(18)10(4)16-12-7-11(9(2)3)14-8-15-12/h7-10H,6H2,1-5H3,(H,14,15,16). The summed E-state index contributed by atoms with van der Waals surface area (Å²) in [6.45, 7) is 8.64. The number of nitrogens with zero attached hydrogens (tertiary/aromatic N) is 3. The third-order valence-electron chi connectivity index (χ3n) is 2.87. The molecule has 0 aliphatic heterocycles. The number of hydrogen-bond acceptors (Lipinski definition) is 4. The van der Waals surface area contributed by atoms with Gasteiger partial charge in [0.1, 0.15) is 18.2 Å². The lowest BCUT2D eigenvalue weighted by atomic mass is 10.1. The Bertz CT molecular complexity index is 406. The van der Waals surface area contributed by atoms with Gasteiger partial charge < -0.3 is 10.2 Å². The molecule has 1 heterocycles. The molecule has 0 aliphatic rings. The molecule has 0 aliphatic carbocycles. The van der Waals surface area contributed by atoms with Gasteiger partial charge in [-0.2, -0.15) is 0 Å². The zero-order valence-corrected chi connectivity index (χ0v) is 11.8. The minimum atomic E-state index is -0.287. The number of anilines is 1. The van der Waals surface area contributed by atoms with E-state index >= 15 is 0 Å². The van der Waals surface area contributed by atoms with Crippen LogP contribution < -0.4 is 5.32 Å². The monoisotopic (exact) mass is 250 g/mol. The van der Waals surface area contributed by atoms with Crippen molar-refractivity contribution in [3.63, 3.8) is 0 Å². The van der Waals surface area contributed by atoms with Gasteiger partial charge in [-0.3, -0.25) is 4.79 Å². The molecule has 0 radical (unpaired) electrons. The molecular weight excluding hydrogens is 228 g/mol. The van der Waals surface area contributed by atoms with E-state index in [9.17, 15) is 4.79 Å². The highest BCUT2D eigenvalue weighted by atomic mass is 16.2. The predicted molar refractivity (Wildman–Crippen MR) is 72.5 cm³/mol. The van der Waals surface area contributed by atoms with Crippen molar-refractivity contribution in [3.8, 4) is 0 Å². The first-order valence-electron chi connectivity index (χ1n) is 6.29. The Kier molecular flexibility index (Phi) is 5.07. The van der Waals surface area contributed by atoms with Crippen LogP contribution in [0.5, 0.6) is 0 Å². The summed E-state index contributed by atoms with van der Waals surface area (Å²) in [4.78, 5) is 21.9. The summed E-state index contributed by atoms with van der Waals surface area (Å²) in [6.07, 6.45) is 1.53. The van der Waals surface area contributed by atoms with Gasteiger partial charge in [0.05, 0.1) is 0 Å². The van der Waals surface area contributed by atoms with Crippen molar-refractivity contribution < 1.29 is 4.79 Å². The normalized spacial score (nSPS) is 12.3. The van der Waals surface area contributed by atoms with Crippen molar-refractivity contribution >= 4 is 11.7 Å². The molecule has 0 aromatic carbocycles. The summed E-state index contributed by atoms with van der Waals surface area (Å²) in [5.74, 6) is 1.10. The summed E-state index contributed by atoms with van der Waals surface area (Å²) >= 11 is 0. The van der Waals surface area contributed by atoms with E-state index in [0.717, 1.165) is 5.69 Å². The molecule has 5 nitrogen and oxygen atoms in total. The molecular formula is C13H22N4O. The van der Waals surface area contributed by atoms with Crippen LogP contribution in [0.25, 0.3) is 0 Å². The van der Waals surface area contributed by atoms with Crippen LogP contribution in [0.3, 0.4) is 0 Å². The minimum Gasteiger partial charge on any atom is -0.359 e. The van der Waals surface area contributed by atoms with Gasteiger partial charge in [0.15, 0.2) is 0 Å². The molecule has 1 aromatic rings. The SMILES string of the molecule is CCN(C)C(=O)C(C)Nc1cc(C(C)C)ncn1. The summed E-state index contributed by atoms with van der Waals surface area (Å²) in [5.41, 5.74) is 0.969. The topological polar surface area (TPSA) is 58.1 Å². The highest BCUT2D eigenvalue weighted by Crippen LogP contribution is 2.14. The van der Waals surface area contributed by atoms with Gasteiger partial charge in [0.2, 0.25) is 5.91 Å². The molecule has 0 fully saturated rings. The first-order valence-corrected chi connectivity index (χ1v) is 6.29. The van der Waals surface area contributed by atoms with Gasteiger partial charge >= 0.3 is 0 Å². The fraction of sp³-hybridized carbons (Fsp3) is 0.615. The quantitative estimate of drug-likeness (QED) is 0.867. The second kappa shape index (κ2) is 6.33. The number of rotatable bonds is 5. The Labute approximate surface area is 109 Å². The van der Waals surface area contributed by atoms with Crippen LogP contribution in [0.1, 0.15) is 39.3 Å². The molecule has 0 saturated heterocycles. The summed E-state index contributed by atoms with van der Waals surface area (Å²) in [7, 11) is 1.79. The lowest BCUT2D eigenvalue weighted by Crippen LogP contribution is -2.39. The van der Waals surface area contributed by atoms with Gasteiger partial charge in [-0.1, -0.05) is 13.8 Å².